The quantitative estimate of drug-likeness (QED) is 0.770. The summed E-state index contributed by atoms with van der Waals surface area (Å²) in [5, 5.41) is 3.02. The van der Waals surface area contributed by atoms with E-state index in [-0.39, 0.29) is 29.6 Å². The third-order valence-corrected chi connectivity index (χ3v) is 4.68. The first-order valence-electron chi connectivity index (χ1n) is 8.64. The van der Waals surface area contributed by atoms with Crippen molar-refractivity contribution >= 4 is 41.0 Å². The molecule has 26 heavy (non-hydrogen) atoms. The molecule has 0 aromatic heterocycles. The Hall–Kier alpha value is -1.79. The zero-order chi connectivity index (χ0) is 18.9. The van der Waals surface area contributed by atoms with Crippen LogP contribution in [-0.2, 0) is 14.3 Å². The summed E-state index contributed by atoms with van der Waals surface area (Å²) in [7, 11) is 0. The number of benzene rings is 1. The lowest BCUT2D eigenvalue weighted by atomic mass is 10.1. The molecule has 0 saturated carbocycles. The second-order valence-corrected chi connectivity index (χ2v) is 6.96. The van der Waals surface area contributed by atoms with Crippen molar-refractivity contribution in [1.82, 2.24) is 10.2 Å². The van der Waals surface area contributed by atoms with Crippen LogP contribution in [-0.4, -0.2) is 48.9 Å². The van der Waals surface area contributed by atoms with Crippen molar-refractivity contribution in [3.63, 3.8) is 0 Å². The summed E-state index contributed by atoms with van der Waals surface area (Å²) in [5.74, 6) is -1.39. The zero-order valence-electron chi connectivity index (χ0n) is 14.4. The van der Waals surface area contributed by atoms with Gasteiger partial charge in [0.2, 0.25) is 0 Å². The largest absolute Gasteiger partial charge is 0.454 e. The van der Waals surface area contributed by atoms with Gasteiger partial charge in [0.05, 0.1) is 10.6 Å². The zero-order valence-corrected chi connectivity index (χ0v) is 15.9. The van der Waals surface area contributed by atoms with E-state index in [1.54, 1.807) is 4.90 Å². The van der Waals surface area contributed by atoms with Crippen LogP contribution in [0, 0.1) is 0 Å². The highest BCUT2D eigenvalue weighted by Gasteiger charge is 2.17. The van der Waals surface area contributed by atoms with Gasteiger partial charge in [0.25, 0.3) is 11.8 Å². The molecule has 0 aliphatic carbocycles. The minimum Gasteiger partial charge on any atom is -0.454 e. The number of nitrogens with one attached hydrogen (secondary N) is 1. The molecule has 0 radical (unpaired) electrons. The van der Waals surface area contributed by atoms with Gasteiger partial charge in [-0.05, 0) is 31.0 Å². The number of halogens is 2. The molecule has 1 aliphatic heterocycles. The normalized spacial score (nSPS) is 14.9. The summed E-state index contributed by atoms with van der Waals surface area (Å²) >= 11 is 11.7. The van der Waals surface area contributed by atoms with Gasteiger partial charge in [-0.25, -0.2) is 0 Å². The maximum Gasteiger partial charge on any atom is 0.325 e. The van der Waals surface area contributed by atoms with Crippen LogP contribution in [0.4, 0.5) is 0 Å². The van der Waals surface area contributed by atoms with Gasteiger partial charge in [-0.3, -0.25) is 14.4 Å². The molecule has 0 spiro atoms. The van der Waals surface area contributed by atoms with Crippen LogP contribution in [0.5, 0.6) is 0 Å². The molecule has 1 aromatic carbocycles. The highest BCUT2D eigenvalue weighted by atomic mass is 35.5. The van der Waals surface area contributed by atoms with Crippen LogP contribution < -0.4 is 5.32 Å². The molecule has 2 amide bonds. The molecule has 0 atom stereocenters. The number of nitrogens with zero attached hydrogens (tertiary/aromatic N) is 1. The molecule has 1 aromatic rings. The average Bonchev–Trinajstić information content (AvgIpc) is 2.57. The van der Waals surface area contributed by atoms with Crippen molar-refractivity contribution in [3.05, 3.63) is 33.8 Å². The van der Waals surface area contributed by atoms with E-state index in [2.05, 4.69) is 5.32 Å². The lowest BCUT2D eigenvalue weighted by Gasteiger charge is -2.24. The summed E-state index contributed by atoms with van der Waals surface area (Å²) in [4.78, 5) is 37.7. The van der Waals surface area contributed by atoms with Gasteiger partial charge in [0.15, 0.2) is 6.61 Å². The predicted molar refractivity (Wildman–Crippen MR) is 99.4 cm³/mol. The summed E-state index contributed by atoms with van der Waals surface area (Å²) in [6.07, 6.45) is 5.37. The van der Waals surface area contributed by atoms with Crippen LogP contribution >= 0.6 is 23.2 Å². The van der Waals surface area contributed by atoms with E-state index < -0.39 is 11.9 Å². The van der Waals surface area contributed by atoms with Gasteiger partial charge in [-0.15, -0.1) is 0 Å². The molecule has 0 bridgehead atoms. The fourth-order valence-corrected chi connectivity index (χ4v) is 3.20. The third kappa shape index (κ3) is 6.50. The average molecular weight is 401 g/mol. The number of rotatable bonds is 5. The van der Waals surface area contributed by atoms with E-state index >= 15 is 0 Å². The Morgan fingerprint density at radius 2 is 1.69 bits per heavy atom. The molecular formula is C18H22Cl2N2O4. The van der Waals surface area contributed by atoms with E-state index in [4.69, 9.17) is 27.9 Å². The van der Waals surface area contributed by atoms with Crippen molar-refractivity contribution in [1.29, 1.82) is 0 Å². The molecule has 142 valence electrons. The first kappa shape index (κ1) is 20.5. The predicted octanol–water partition coefficient (Wildman–Crippen LogP) is 3.06. The lowest BCUT2D eigenvalue weighted by molar-refractivity contribution is -0.151. The van der Waals surface area contributed by atoms with E-state index in [0.29, 0.717) is 18.1 Å². The van der Waals surface area contributed by atoms with Crippen LogP contribution in [0.15, 0.2) is 18.2 Å². The molecule has 1 aliphatic rings. The van der Waals surface area contributed by atoms with Gasteiger partial charge < -0.3 is 15.0 Å². The molecule has 1 saturated heterocycles. The van der Waals surface area contributed by atoms with Crippen molar-refractivity contribution < 1.29 is 19.1 Å². The number of carbonyl (C=O) groups is 3. The Morgan fingerprint density at radius 3 is 2.35 bits per heavy atom. The number of carbonyl (C=O) groups excluding carboxylic acids is 3. The van der Waals surface area contributed by atoms with Crippen molar-refractivity contribution in [3.8, 4) is 0 Å². The summed E-state index contributed by atoms with van der Waals surface area (Å²) < 4.78 is 4.97. The van der Waals surface area contributed by atoms with E-state index in [0.717, 1.165) is 25.7 Å². The van der Waals surface area contributed by atoms with Crippen molar-refractivity contribution in [2.45, 2.75) is 32.1 Å². The van der Waals surface area contributed by atoms with Gasteiger partial charge in [0.1, 0.15) is 6.54 Å². The summed E-state index contributed by atoms with van der Waals surface area (Å²) in [6.45, 7) is 0.742. The molecule has 6 nitrogen and oxygen atoms in total. The van der Waals surface area contributed by atoms with E-state index in [9.17, 15) is 14.4 Å². The Morgan fingerprint density at radius 1 is 1.04 bits per heavy atom. The minimum atomic E-state index is -0.677. The fourth-order valence-electron chi connectivity index (χ4n) is 2.70. The van der Waals surface area contributed by atoms with Crippen LogP contribution in [0.1, 0.15) is 42.5 Å². The molecule has 2 rings (SSSR count). The van der Waals surface area contributed by atoms with Gasteiger partial charge in [0, 0.05) is 18.1 Å². The number of esters is 1. The third-order valence-electron chi connectivity index (χ3n) is 4.13. The second kappa shape index (κ2) is 10.4. The van der Waals surface area contributed by atoms with E-state index in [1.165, 1.54) is 24.6 Å². The number of amides is 2. The van der Waals surface area contributed by atoms with Gasteiger partial charge >= 0.3 is 5.97 Å². The monoisotopic (exact) mass is 400 g/mol. The van der Waals surface area contributed by atoms with Gasteiger partial charge in [-0.2, -0.15) is 0 Å². The smallest absolute Gasteiger partial charge is 0.325 e. The molecule has 1 N–H and O–H groups in total. The Kier molecular flexibility index (Phi) is 8.19. The highest BCUT2D eigenvalue weighted by molar-refractivity contribution is 6.36. The number of hydrogen-bond donors (Lipinski definition) is 1. The topological polar surface area (TPSA) is 75.7 Å². The number of hydrogen-bond acceptors (Lipinski definition) is 4. The summed E-state index contributed by atoms with van der Waals surface area (Å²) in [6, 6.07) is 4.44. The number of likely N-dealkylation sites (tertiary alicyclic amines) is 1. The molecule has 0 unspecified atom stereocenters. The van der Waals surface area contributed by atoms with Crippen LogP contribution in [0.25, 0.3) is 0 Å². The highest BCUT2D eigenvalue weighted by Crippen LogP contribution is 2.20. The molecule has 8 heteroatoms. The first-order valence-corrected chi connectivity index (χ1v) is 9.39. The standard InChI is InChI=1S/C18H22Cl2N2O4/c19-13-6-7-14(15(20)10-13)18(25)21-11-17(24)26-12-16(23)22-8-4-2-1-3-5-9-22/h6-7,10H,1-5,8-9,11-12H2,(H,21,25). The Bertz CT molecular complexity index is 659. The van der Waals surface area contributed by atoms with Crippen LogP contribution in [0.3, 0.4) is 0 Å². The Balaban J connectivity index is 1.74. The Labute approximate surface area is 162 Å². The number of ether oxygens (including phenoxy) is 1. The van der Waals surface area contributed by atoms with Crippen molar-refractivity contribution in [2.75, 3.05) is 26.2 Å². The SMILES string of the molecule is O=C(CNC(=O)c1ccc(Cl)cc1Cl)OCC(=O)N1CCCCCCC1. The second-order valence-electron chi connectivity index (χ2n) is 6.12. The maximum absolute atomic E-state index is 12.1. The van der Waals surface area contributed by atoms with E-state index in [1.807, 2.05) is 0 Å². The molecule has 1 heterocycles. The maximum atomic E-state index is 12.1. The first-order chi connectivity index (χ1) is 12.5. The minimum absolute atomic E-state index is 0.190. The molecule has 1 fully saturated rings. The summed E-state index contributed by atoms with van der Waals surface area (Å²) in [5.41, 5.74) is 0.209. The lowest BCUT2D eigenvalue weighted by Crippen LogP contribution is -2.38. The van der Waals surface area contributed by atoms with Gasteiger partial charge in [-0.1, -0.05) is 42.5 Å². The van der Waals surface area contributed by atoms with Crippen LogP contribution in [0.2, 0.25) is 10.0 Å². The molecular weight excluding hydrogens is 379 g/mol. The fraction of sp³-hybridized carbons (Fsp3) is 0.500. The van der Waals surface area contributed by atoms with Crippen molar-refractivity contribution in [2.24, 2.45) is 0 Å².